The lowest BCUT2D eigenvalue weighted by Gasteiger charge is -2.05. The van der Waals surface area contributed by atoms with Crippen LogP contribution in [-0.4, -0.2) is 5.78 Å². The second kappa shape index (κ2) is 4.91. The third-order valence-electron chi connectivity index (χ3n) is 3.16. The minimum Gasteiger partial charge on any atom is -0.289 e. The molecule has 1 aromatic heterocycles. The van der Waals surface area contributed by atoms with E-state index >= 15 is 0 Å². The van der Waals surface area contributed by atoms with E-state index in [1.54, 1.807) is 11.3 Å². The lowest BCUT2D eigenvalue weighted by molar-refractivity contribution is 0.104. The first-order valence-corrected chi connectivity index (χ1v) is 7.61. The fourth-order valence-electron chi connectivity index (χ4n) is 2.18. The highest BCUT2D eigenvalue weighted by Crippen LogP contribution is 2.28. The molecule has 94 valence electrons. The van der Waals surface area contributed by atoms with Gasteiger partial charge in [0.2, 0.25) is 0 Å². The molecule has 0 atom stereocenters. The number of fused-ring (bicyclic) bond motifs is 1. The first-order valence-electron chi connectivity index (χ1n) is 5.94. The smallest absolute Gasteiger partial charge is 0.194 e. The van der Waals surface area contributed by atoms with Crippen molar-refractivity contribution in [3.8, 4) is 0 Å². The van der Waals surface area contributed by atoms with Gasteiger partial charge in [-0.05, 0) is 36.8 Å². The molecule has 1 nitrogen and oxygen atoms in total. The van der Waals surface area contributed by atoms with Gasteiger partial charge >= 0.3 is 0 Å². The number of hydrogen-bond donors (Lipinski definition) is 0. The van der Waals surface area contributed by atoms with Crippen LogP contribution in [0.4, 0.5) is 0 Å². The molecule has 3 aromatic rings. The summed E-state index contributed by atoms with van der Waals surface area (Å²) in [6.07, 6.45) is 0. The number of aryl methyl sites for hydroxylation is 1. The van der Waals surface area contributed by atoms with Crippen LogP contribution in [0, 0.1) is 6.92 Å². The zero-order valence-corrected chi connectivity index (χ0v) is 12.7. The molecule has 0 aliphatic carbocycles. The monoisotopic (exact) mass is 330 g/mol. The van der Waals surface area contributed by atoms with E-state index < -0.39 is 0 Å². The van der Waals surface area contributed by atoms with Gasteiger partial charge in [0.25, 0.3) is 0 Å². The molecule has 3 rings (SSSR count). The molecule has 0 radical (unpaired) electrons. The predicted octanol–water partition coefficient (Wildman–Crippen LogP) is 5.20. The molecule has 0 saturated carbocycles. The summed E-state index contributed by atoms with van der Waals surface area (Å²) < 4.78 is 2.15. The van der Waals surface area contributed by atoms with Gasteiger partial charge in [-0.2, -0.15) is 0 Å². The van der Waals surface area contributed by atoms with E-state index in [-0.39, 0.29) is 5.78 Å². The topological polar surface area (TPSA) is 17.1 Å². The largest absolute Gasteiger partial charge is 0.289 e. The molecule has 0 N–H and O–H groups in total. The van der Waals surface area contributed by atoms with Crippen LogP contribution in [0.5, 0.6) is 0 Å². The standard InChI is InChI=1S/C16H11BrOS/c1-10-8-11(17)6-7-12(10)16(18)14-9-19-15-5-3-2-4-13(14)15/h2-9H,1H3. The van der Waals surface area contributed by atoms with Crippen LogP contribution in [-0.2, 0) is 0 Å². The van der Waals surface area contributed by atoms with Crippen LogP contribution in [0.3, 0.4) is 0 Å². The van der Waals surface area contributed by atoms with Gasteiger partial charge in [0.05, 0.1) is 0 Å². The molecular weight excluding hydrogens is 320 g/mol. The maximum Gasteiger partial charge on any atom is 0.194 e. The molecule has 0 bridgehead atoms. The summed E-state index contributed by atoms with van der Waals surface area (Å²) >= 11 is 5.04. The Morgan fingerprint density at radius 1 is 1.11 bits per heavy atom. The summed E-state index contributed by atoms with van der Waals surface area (Å²) in [7, 11) is 0. The Hall–Kier alpha value is -1.45. The van der Waals surface area contributed by atoms with E-state index in [1.807, 2.05) is 54.8 Å². The van der Waals surface area contributed by atoms with Crippen molar-refractivity contribution in [1.82, 2.24) is 0 Å². The van der Waals surface area contributed by atoms with Crippen LogP contribution >= 0.6 is 27.3 Å². The first-order chi connectivity index (χ1) is 9.16. The van der Waals surface area contributed by atoms with Crippen LogP contribution in [0.15, 0.2) is 52.3 Å². The Balaban J connectivity index is 2.13. The van der Waals surface area contributed by atoms with Crippen LogP contribution in [0.25, 0.3) is 10.1 Å². The Kier molecular flexibility index (Phi) is 3.25. The minimum absolute atomic E-state index is 0.0995. The Morgan fingerprint density at radius 2 is 1.89 bits per heavy atom. The minimum atomic E-state index is 0.0995. The molecule has 2 aromatic carbocycles. The zero-order chi connectivity index (χ0) is 13.4. The highest BCUT2D eigenvalue weighted by Gasteiger charge is 2.15. The second-order valence-corrected chi connectivity index (χ2v) is 6.26. The lowest BCUT2D eigenvalue weighted by Crippen LogP contribution is -2.02. The summed E-state index contributed by atoms with van der Waals surface area (Å²) in [5.41, 5.74) is 2.56. The summed E-state index contributed by atoms with van der Waals surface area (Å²) in [5, 5.41) is 2.99. The van der Waals surface area contributed by atoms with E-state index in [0.717, 1.165) is 31.2 Å². The summed E-state index contributed by atoms with van der Waals surface area (Å²) in [4.78, 5) is 12.6. The van der Waals surface area contributed by atoms with Crippen molar-refractivity contribution in [2.75, 3.05) is 0 Å². The number of thiophene rings is 1. The average molecular weight is 331 g/mol. The molecule has 19 heavy (non-hydrogen) atoms. The van der Waals surface area contributed by atoms with E-state index in [4.69, 9.17) is 0 Å². The highest BCUT2D eigenvalue weighted by molar-refractivity contribution is 9.10. The molecule has 3 heteroatoms. The van der Waals surface area contributed by atoms with Crippen molar-refractivity contribution < 1.29 is 4.79 Å². The normalized spacial score (nSPS) is 10.8. The van der Waals surface area contributed by atoms with Gasteiger partial charge in [-0.25, -0.2) is 0 Å². The quantitative estimate of drug-likeness (QED) is 0.590. The zero-order valence-electron chi connectivity index (χ0n) is 10.3. The Morgan fingerprint density at radius 3 is 2.68 bits per heavy atom. The van der Waals surface area contributed by atoms with Crippen molar-refractivity contribution in [3.63, 3.8) is 0 Å². The maximum absolute atomic E-state index is 12.6. The van der Waals surface area contributed by atoms with Gasteiger partial charge in [-0.15, -0.1) is 11.3 Å². The highest BCUT2D eigenvalue weighted by atomic mass is 79.9. The van der Waals surface area contributed by atoms with Gasteiger partial charge in [-0.3, -0.25) is 4.79 Å². The Labute approximate surface area is 124 Å². The summed E-state index contributed by atoms with van der Waals surface area (Å²) in [6.45, 7) is 1.96. The number of rotatable bonds is 2. The Bertz CT molecular complexity index is 773. The average Bonchev–Trinajstić information content (AvgIpc) is 2.82. The molecule has 0 spiro atoms. The molecular formula is C16H11BrOS. The summed E-state index contributed by atoms with van der Waals surface area (Å²) in [5.74, 6) is 0.0995. The number of benzene rings is 2. The maximum atomic E-state index is 12.6. The summed E-state index contributed by atoms with van der Waals surface area (Å²) in [6, 6.07) is 13.8. The lowest BCUT2D eigenvalue weighted by atomic mass is 9.99. The van der Waals surface area contributed by atoms with E-state index in [9.17, 15) is 4.79 Å². The van der Waals surface area contributed by atoms with E-state index in [0.29, 0.717) is 0 Å². The van der Waals surface area contributed by atoms with Gasteiger partial charge < -0.3 is 0 Å². The number of hydrogen-bond acceptors (Lipinski definition) is 2. The SMILES string of the molecule is Cc1cc(Br)ccc1C(=O)c1csc2ccccc12. The molecule has 1 heterocycles. The van der Waals surface area contributed by atoms with Crippen molar-refractivity contribution in [2.24, 2.45) is 0 Å². The van der Waals surface area contributed by atoms with Crippen molar-refractivity contribution >= 4 is 43.1 Å². The van der Waals surface area contributed by atoms with Gasteiger partial charge in [0, 0.05) is 31.1 Å². The second-order valence-electron chi connectivity index (χ2n) is 4.43. The van der Waals surface area contributed by atoms with Gasteiger partial charge in [-0.1, -0.05) is 34.1 Å². The number of halogens is 1. The molecule has 0 saturated heterocycles. The third kappa shape index (κ3) is 2.24. The molecule has 0 amide bonds. The fourth-order valence-corrected chi connectivity index (χ4v) is 3.60. The first kappa shape index (κ1) is 12.6. The van der Waals surface area contributed by atoms with E-state index in [2.05, 4.69) is 15.9 Å². The third-order valence-corrected chi connectivity index (χ3v) is 4.62. The molecule has 0 aliphatic rings. The van der Waals surface area contributed by atoms with Gasteiger partial charge in [0.15, 0.2) is 5.78 Å². The molecule has 0 unspecified atom stereocenters. The van der Waals surface area contributed by atoms with Crippen LogP contribution in [0.2, 0.25) is 0 Å². The molecule has 0 fully saturated rings. The van der Waals surface area contributed by atoms with Gasteiger partial charge in [0.1, 0.15) is 0 Å². The van der Waals surface area contributed by atoms with Crippen LogP contribution < -0.4 is 0 Å². The fraction of sp³-hybridized carbons (Fsp3) is 0.0625. The predicted molar refractivity (Wildman–Crippen MR) is 84.1 cm³/mol. The number of ketones is 1. The molecule has 0 aliphatic heterocycles. The van der Waals surface area contributed by atoms with Crippen LogP contribution in [0.1, 0.15) is 21.5 Å². The number of carbonyl (C=O) groups excluding carboxylic acids is 1. The van der Waals surface area contributed by atoms with Crippen molar-refractivity contribution in [2.45, 2.75) is 6.92 Å². The van der Waals surface area contributed by atoms with Crippen molar-refractivity contribution in [1.29, 1.82) is 0 Å². The van der Waals surface area contributed by atoms with Crippen molar-refractivity contribution in [3.05, 3.63) is 69.0 Å². The number of carbonyl (C=O) groups is 1. The van der Waals surface area contributed by atoms with E-state index in [1.165, 1.54) is 0 Å².